The molecule has 1 rings (SSSR count). The van der Waals surface area contributed by atoms with Crippen molar-refractivity contribution in [1.82, 2.24) is 4.90 Å². The lowest BCUT2D eigenvalue weighted by molar-refractivity contribution is 0.197. The molecule has 3 N–H and O–H groups in total. The number of hydrogen-bond donors (Lipinski definition) is 2. The van der Waals surface area contributed by atoms with Gasteiger partial charge in [-0.2, -0.15) is 0 Å². The van der Waals surface area contributed by atoms with Crippen molar-refractivity contribution < 1.29 is 5.11 Å². The summed E-state index contributed by atoms with van der Waals surface area (Å²) in [5, 5.41) is 8.92. The highest BCUT2D eigenvalue weighted by atomic mass is 32.1. The highest BCUT2D eigenvalue weighted by Gasteiger charge is 2.03. The second kappa shape index (κ2) is 7.37. The molecule has 0 atom stereocenters. The molecule has 94 valence electrons. The summed E-state index contributed by atoms with van der Waals surface area (Å²) in [7, 11) is 0. The average Bonchev–Trinajstić information content (AvgIpc) is 2.30. The molecule has 0 spiro atoms. The van der Waals surface area contributed by atoms with E-state index in [1.165, 1.54) is 5.56 Å². The fraction of sp³-hybridized carbons (Fsp3) is 0.462. The van der Waals surface area contributed by atoms with E-state index in [-0.39, 0.29) is 6.61 Å². The quantitative estimate of drug-likeness (QED) is 0.719. The van der Waals surface area contributed by atoms with Gasteiger partial charge in [0.2, 0.25) is 0 Å². The van der Waals surface area contributed by atoms with E-state index in [0.717, 1.165) is 18.7 Å². The van der Waals surface area contributed by atoms with Gasteiger partial charge in [0.05, 0.1) is 11.6 Å². The maximum Gasteiger partial charge on any atom is 0.0771 e. The summed E-state index contributed by atoms with van der Waals surface area (Å²) in [6.07, 6.45) is 0.656. The van der Waals surface area contributed by atoms with Crippen molar-refractivity contribution in [3.8, 4) is 0 Å². The Morgan fingerprint density at radius 3 is 2.35 bits per heavy atom. The van der Waals surface area contributed by atoms with E-state index in [1.54, 1.807) is 0 Å². The molecular formula is C13H20N2OS. The van der Waals surface area contributed by atoms with Crippen LogP contribution in [-0.4, -0.2) is 34.7 Å². The Kier molecular flexibility index (Phi) is 6.11. The number of nitrogens with zero attached hydrogens (tertiary/aromatic N) is 1. The summed E-state index contributed by atoms with van der Waals surface area (Å²) >= 11 is 4.88. The SMILES string of the molecule is CCN(CCO)Cc1ccc(CC(N)=S)cc1. The second-order valence-electron chi connectivity index (χ2n) is 4.05. The Labute approximate surface area is 108 Å². The fourth-order valence-corrected chi connectivity index (χ4v) is 1.88. The number of aliphatic hydroxyl groups excluding tert-OH is 1. The number of benzene rings is 1. The van der Waals surface area contributed by atoms with E-state index in [9.17, 15) is 0 Å². The van der Waals surface area contributed by atoms with Crippen molar-refractivity contribution in [2.45, 2.75) is 19.9 Å². The van der Waals surface area contributed by atoms with Crippen molar-refractivity contribution in [1.29, 1.82) is 0 Å². The Balaban J connectivity index is 2.57. The van der Waals surface area contributed by atoms with Crippen molar-refractivity contribution in [3.05, 3.63) is 35.4 Å². The van der Waals surface area contributed by atoms with Gasteiger partial charge in [-0.05, 0) is 17.7 Å². The lowest BCUT2D eigenvalue weighted by Gasteiger charge is -2.19. The number of hydrogen-bond acceptors (Lipinski definition) is 3. The van der Waals surface area contributed by atoms with E-state index in [1.807, 2.05) is 0 Å². The van der Waals surface area contributed by atoms with Crippen LogP contribution in [0.15, 0.2) is 24.3 Å². The number of rotatable bonds is 7. The Morgan fingerprint density at radius 1 is 1.29 bits per heavy atom. The zero-order valence-electron chi connectivity index (χ0n) is 10.2. The lowest BCUT2D eigenvalue weighted by Crippen LogP contribution is -2.26. The van der Waals surface area contributed by atoms with Crippen LogP contribution in [0.1, 0.15) is 18.1 Å². The van der Waals surface area contributed by atoms with Crippen LogP contribution >= 0.6 is 12.2 Å². The summed E-state index contributed by atoms with van der Waals surface area (Å²) in [5.74, 6) is 0. The third-order valence-corrected chi connectivity index (χ3v) is 2.82. The van der Waals surface area contributed by atoms with Gasteiger partial charge in [-0.3, -0.25) is 4.90 Å². The van der Waals surface area contributed by atoms with Crippen molar-refractivity contribution in [3.63, 3.8) is 0 Å². The van der Waals surface area contributed by atoms with Gasteiger partial charge in [0.1, 0.15) is 0 Å². The van der Waals surface area contributed by atoms with Crippen LogP contribution in [0.5, 0.6) is 0 Å². The van der Waals surface area contributed by atoms with Crippen LogP contribution in [0.3, 0.4) is 0 Å². The molecule has 0 bridgehead atoms. The molecule has 0 saturated carbocycles. The molecule has 3 nitrogen and oxygen atoms in total. The Bertz CT molecular complexity index is 351. The van der Waals surface area contributed by atoms with Gasteiger partial charge >= 0.3 is 0 Å². The van der Waals surface area contributed by atoms with Crippen LogP contribution < -0.4 is 5.73 Å². The molecule has 17 heavy (non-hydrogen) atoms. The lowest BCUT2D eigenvalue weighted by atomic mass is 10.1. The molecule has 0 aliphatic carbocycles. The minimum atomic E-state index is 0.202. The molecule has 4 heteroatoms. The van der Waals surface area contributed by atoms with Crippen LogP contribution in [0.2, 0.25) is 0 Å². The van der Waals surface area contributed by atoms with E-state index >= 15 is 0 Å². The molecule has 0 aliphatic rings. The molecule has 0 unspecified atom stereocenters. The minimum Gasteiger partial charge on any atom is -0.395 e. The summed E-state index contributed by atoms with van der Waals surface area (Å²) in [5.41, 5.74) is 7.89. The fourth-order valence-electron chi connectivity index (χ4n) is 1.71. The van der Waals surface area contributed by atoms with Gasteiger partial charge < -0.3 is 10.8 Å². The molecular weight excluding hydrogens is 232 g/mol. The first-order chi connectivity index (χ1) is 8.15. The predicted molar refractivity (Wildman–Crippen MR) is 75.0 cm³/mol. The number of likely N-dealkylation sites (N-methyl/N-ethyl adjacent to an activating group) is 1. The van der Waals surface area contributed by atoms with Crippen molar-refractivity contribution in [2.24, 2.45) is 5.73 Å². The molecule has 0 aromatic heterocycles. The summed E-state index contributed by atoms with van der Waals surface area (Å²) in [6.45, 7) is 4.81. The zero-order chi connectivity index (χ0) is 12.7. The summed E-state index contributed by atoms with van der Waals surface area (Å²) in [6, 6.07) is 8.30. The van der Waals surface area contributed by atoms with E-state index < -0.39 is 0 Å². The Morgan fingerprint density at radius 2 is 1.88 bits per heavy atom. The summed E-state index contributed by atoms with van der Waals surface area (Å²) in [4.78, 5) is 2.72. The van der Waals surface area contributed by atoms with Gasteiger partial charge in [0.25, 0.3) is 0 Å². The molecule has 1 aromatic rings. The third kappa shape index (κ3) is 5.26. The van der Waals surface area contributed by atoms with E-state index in [2.05, 4.69) is 36.1 Å². The van der Waals surface area contributed by atoms with Crippen molar-refractivity contribution >= 4 is 17.2 Å². The molecule has 0 saturated heterocycles. The molecule has 0 amide bonds. The van der Waals surface area contributed by atoms with Crippen LogP contribution in [0, 0.1) is 0 Å². The number of thiocarbonyl (C=S) groups is 1. The summed E-state index contributed by atoms with van der Waals surface area (Å²) < 4.78 is 0. The smallest absolute Gasteiger partial charge is 0.0771 e. The molecule has 0 fully saturated rings. The number of nitrogens with two attached hydrogens (primary N) is 1. The molecule has 0 aliphatic heterocycles. The minimum absolute atomic E-state index is 0.202. The first-order valence-corrected chi connectivity index (χ1v) is 6.26. The van der Waals surface area contributed by atoms with Crippen molar-refractivity contribution in [2.75, 3.05) is 19.7 Å². The Hall–Kier alpha value is -0.970. The number of aliphatic hydroxyl groups is 1. The van der Waals surface area contributed by atoms with Crippen LogP contribution in [0.4, 0.5) is 0 Å². The van der Waals surface area contributed by atoms with Gasteiger partial charge in [-0.15, -0.1) is 0 Å². The molecule has 1 aromatic carbocycles. The van der Waals surface area contributed by atoms with E-state index in [4.69, 9.17) is 23.1 Å². The predicted octanol–water partition coefficient (Wildman–Crippen LogP) is 1.33. The van der Waals surface area contributed by atoms with Gasteiger partial charge in [0, 0.05) is 19.5 Å². The maximum atomic E-state index is 8.92. The second-order valence-corrected chi connectivity index (χ2v) is 4.58. The largest absolute Gasteiger partial charge is 0.395 e. The standard InChI is InChI=1S/C13H20N2OS/c1-2-15(7-8-16)10-12-5-3-11(4-6-12)9-13(14)17/h3-6,16H,2,7-10H2,1H3,(H2,14,17). The topological polar surface area (TPSA) is 49.5 Å². The first kappa shape index (κ1) is 14.1. The normalized spacial score (nSPS) is 10.8. The third-order valence-electron chi connectivity index (χ3n) is 2.67. The van der Waals surface area contributed by atoms with E-state index in [0.29, 0.717) is 18.0 Å². The van der Waals surface area contributed by atoms with Gasteiger partial charge in [-0.1, -0.05) is 43.4 Å². The molecule has 0 radical (unpaired) electrons. The van der Waals surface area contributed by atoms with Crippen LogP contribution in [0.25, 0.3) is 0 Å². The van der Waals surface area contributed by atoms with Crippen LogP contribution in [-0.2, 0) is 13.0 Å². The monoisotopic (exact) mass is 252 g/mol. The first-order valence-electron chi connectivity index (χ1n) is 5.85. The maximum absolute atomic E-state index is 8.92. The van der Waals surface area contributed by atoms with Gasteiger partial charge in [0.15, 0.2) is 0 Å². The van der Waals surface area contributed by atoms with Gasteiger partial charge in [-0.25, -0.2) is 0 Å². The average molecular weight is 252 g/mol. The molecule has 0 heterocycles. The zero-order valence-corrected chi connectivity index (χ0v) is 11.0. The highest BCUT2D eigenvalue weighted by Crippen LogP contribution is 2.08. The highest BCUT2D eigenvalue weighted by molar-refractivity contribution is 7.80.